The molecule has 2 aromatic rings. The van der Waals surface area contributed by atoms with Crippen LogP contribution in [-0.2, 0) is 6.54 Å². The maximum atomic E-state index is 6.35. The predicted molar refractivity (Wildman–Crippen MR) is 124 cm³/mol. The molecule has 2 heterocycles. The SMILES string of the molecule is Cc1nc(-c2sc(Cl)cc2CN(N)/C=C(\N)CC2CC2)ccc1OC1CCCCC1. The highest BCUT2D eigenvalue weighted by atomic mass is 35.5. The van der Waals surface area contributed by atoms with Gasteiger partial charge in [0.05, 0.1) is 33.3 Å². The van der Waals surface area contributed by atoms with Gasteiger partial charge in [-0.3, -0.25) is 0 Å². The quantitative estimate of drug-likeness (QED) is 0.398. The minimum Gasteiger partial charge on any atom is -0.489 e. The van der Waals surface area contributed by atoms with Gasteiger partial charge in [-0.15, -0.1) is 11.3 Å². The lowest BCUT2D eigenvalue weighted by Gasteiger charge is -2.23. The van der Waals surface area contributed by atoms with Gasteiger partial charge in [-0.2, -0.15) is 0 Å². The zero-order valence-corrected chi connectivity index (χ0v) is 19.1. The maximum absolute atomic E-state index is 6.35. The van der Waals surface area contributed by atoms with Crippen molar-refractivity contribution in [1.29, 1.82) is 0 Å². The van der Waals surface area contributed by atoms with E-state index in [4.69, 9.17) is 32.9 Å². The second kappa shape index (κ2) is 9.58. The molecule has 2 aliphatic carbocycles. The van der Waals surface area contributed by atoms with E-state index < -0.39 is 0 Å². The number of nitrogens with two attached hydrogens (primary N) is 2. The van der Waals surface area contributed by atoms with E-state index in [1.807, 2.05) is 31.3 Å². The van der Waals surface area contributed by atoms with Crippen LogP contribution in [-0.4, -0.2) is 16.1 Å². The zero-order valence-electron chi connectivity index (χ0n) is 17.6. The summed E-state index contributed by atoms with van der Waals surface area (Å²) in [6, 6.07) is 6.03. The van der Waals surface area contributed by atoms with Crippen molar-refractivity contribution < 1.29 is 4.74 Å². The summed E-state index contributed by atoms with van der Waals surface area (Å²) in [4.78, 5) is 5.86. The number of allylic oxidation sites excluding steroid dienone is 1. The van der Waals surface area contributed by atoms with E-state index in [9.17, 15) is 0 Å². The van der Waals surface area contributed by atoms with E-state index in [-0.39, 0.29) is 0 Å². The molecule has 162 valence electrons. The molecule has 0 amide bonds. The predicted octanol–water partition coefficient (Wildman–Crippen LogP) is 5.76. The molecular formula is C23H31ClN4OS. The van der Waals surface area contributed by atoms with E-state index in [0.717, 1.165) is 62.8 Å². The number of hydrogen-bond acceptors (Lipinski definition) is 6. The number of thiophene rings is 1. The number of halogens is 1. The van der Waals surface area contributed by atoms with Crippen molar-refractivity contribution in [2.45, 2.75) is 70.9 Å². The fraction of sp³-hybridized carbons (Fsp3) is 0.522. The van der Waals surface area contributed by atoms with Gasteiger partial charge in [0.25, 0.3) is 0 Å². The third kappa shape index (κ3) is 5.68. The Balaban J connectivity index is 1.47. The Kier molecular flexibility index (Phi) is 6.86. The molecule has 2 aromatic heterocycles. The molecular weight excluding hydrogens is 416 g/mol. The van der Waals surface area contributed by atoms with Crippen LogP contribution in [0.3, 0.4) is 0 Å². The normalized spacial score (nSPS) is 17.9. The van der Waals surface area contributed by atoms with Gasteiger partial charge in [-0.1, -0.05) is 18.0 Å². The maximum Gasteiger partial charge on any atom is 0.140 e. The van der Waals surface area contributed by atoms with Gasteiger partial charge in [-0.25, -0.2) is 10.8 Å². The van der Waals surface area contributed by atoms with Crippen molar-refractivity contribution in [3.63, 3.8) is 0 Å². The van der Waals surface area contributed by atoms with Crippen LogP contribution < -0.4 is 16.3 Å². The first-order chi connectivity index (χ1) is 14.5. The summed E-state index contributed by atoms with van der Waals surface area (Å²) < 4.78 is 6.95. The van der Waals surface area contributed by atoms with E-state index in [2.05, 4.69) is 0 Å². The van der Waals surface area contributed by atoms with Gasteiger partial charge >= 0.3 is 0 Å². The van der Waals surface area contributed by atoms with Gasteiger partial charge < -0.3 is 15.5 Å². The number of aryl methyl sites for hydroxylation is 1. The van der Waals surface area contributed by atoms with Crippen molar-refractivity contribution in [1.82, 2.24) is 9.99 Å². The topological polar surface area (TPSA) is 77.4 Å². The summed E-state index contributed by atoms with van der Waals surface area (Å²) in [5.41, 5.74) is 9.82. The molecule has 5 nitrogen and oxygen atoms in total. The molecule has 30 heavy (non-hydrogen) atoms. The molecule has 0 bridgehead atoms. The third-order valence-corrected chi connectivity index (χ3v) is 7.13. The summed E-state index contributed by atoms with van der Waals surface area (Å²) in [6.45, 7) is 2.54. The Morgan fingerprint density at radius 2 is 2.03 bits per heavy atom. The highest BCUT2D eigenvalue weighted by molar-refractivity contribution is 7.19. The Morgan fingerprint density at radius 1 is 1.27 bits per heavy atom. The van der Waals surface area contributed by atoms with Gasteiger partial charge in [0.1, 0.15) is 5.75 Å². The van der Waals surface area contributed by atoms with Gasteiger partial charge in [-0.05, 0) is 81.5 Å². The molecule has 0 aliphatic heterocycles. The first kappa shape index (κ1) is 21.5. The lowest BCUT2D eigenvalue weighted by molar-refractivity contribution is 0.153. The molecule has 4 rings (SSSR count). The summed E-state index contributed by atoms with van der Waals surface area (Å²) in [5.74, 6) is 7.83. The Bertz CT molecular complexity index is 903. The van der Waals surface area contributed by atoms with Gasteiger partial charge in [0, 0.05) is 11.9 Å². The average Bonchev–Trinajstić information content (AvgIpc) is 3.44. The second-order valence-electron chi connectivity index (χ2n) is 8.59. The number of nitrogens with zero attached hydrogens (tertiary/aromatic N) is 2. The molecule has 2 fully saturated rings. The molecule has 0 spiro atoms. The minimum absolute atomic E-state index is 0.315. The molecule has 0 aromatic carbocycles. The van der Waals surface area contributed by atoms with Crippen molar-refractivity contribution in [3.8, 4) is 16.3 Å². The molecule has 0 atom stereocenters. The monoisotopic (exact) mass is 446 g/mol. The molecule has 0 radical (unpaired) electrons. The number of aromatic nitrogens is 1. The Hall–Kier alpha value is -1.76. The Morgan fingerprint density at radius 3 is 2.73 bits per heavy atom. The molecule has 0 saturated heterocycles. The van der Waals surface area contributed by atoms with Crippen molar-refractivity contribution >= 4 is 22.9 Å². The average molecular weight is 447 g/mol. The first-order valence-electron chi connectivity index (χ1n) is 10.9. The standard InChI is InChI=1S/C23H31ClN4OS/c1-15-21(29-19-5-3-2-4-6-19)10-9-20(27-15)23-17(12-22(24)30-23)13-28(26)14-18(25)11-16-7-8-16/h9-10,12,14,16,19H,2-8,11,13,25-26H2,1H3/b18-14-. The van der Waals surface area contributed by atoms with E-state index in [1.54, 1.807) is 5.01 Å². The van der Waals surface area contributed by atoms with Crippen LogP contribution in [0.15, 0.2) is 30.1 Å². The van der Waals surface area contributed by atoms with Crippen molar-refractivity contribution in [2.75, 3.05) is 0 Å². The fourth-order valence-electron chi connectivity index (χ4n) is 4.05. The van der Waals surface area contributed by atoms with E-state index in [0.29, 0.717) is 12.6 Å². The summed E-state index contributed by atoms with van der Waals surface area (Å²) in [5, 5.41) is 1.65. The first-order valence-corrected chi connectivity index (χ1v) is 12.1. The van der Waals surface area contributed by atoms with Crippen LogP contribution in [0.2, 0.25) is 4.34 Å². The van der Waals surface area contributed by atoms with Crippen LogP contribution >= 0.6 is 22.9 Å². The highest BCUT2D eigenvalue weighted by Crippen LogP contribution is 2.37. The van der Waals surface area contributed by atoms with Crippen LogP contribution in [0.4, 0.5) is 0 Å². The fourth-order valence-corrected chi connectivity index (χ4v) is 5.29. The highest BCUT2D eigenvalue weighted by Gasteiger charge is 2.22. The van der Waals surface area contributed by atoms with Crippen LogP contribution in [0.25, 0.3) is 10.6 Å². The Labute approximate surface area is 188 Å². The van der Waals surface area contributed by atoms with Gasteiger partial charge in [0.15, 0.2) is 0 Å². The summed E-state index contributed by atoms with van der Waals surface area (Å²) >= 11 is 7.88. The molecule has 2 saturated carbocycles. The minimum atomic E-state index is 0.315. The molecule has 2 aliphatic rings. The lowest BCUT2D eigenvalue weighted by atomic mass is 9.98. The number of ether oxygens (including phenoxy) is 1. The largest absolute Gasteiger partial charge is 0.489 e. The number of hydrogen-bond donors (Lipinski definition) is 2. The van der Waals surface area contributed by atoms with Crippen molar-refractivity contribution in [2.24, 2.45) is 17.5 Å². The summed E-state index contributed by atoms with van der Waals surface area (Å²) in [6.07, 6.45) is 11.7. The van der Waals surface area contributed by atoms with Gasteiger partial charge in [0.2, 0.25) is 0 Å². The molecule has 7 heteroatoms. The number of pyridine rings is 1. The summed E-state index contributed by atoms with van der Waals surface area (Å²) in [7, 11) is 0. The third-order valence-electron chi connectivity index (χ3n) is 5.80. The van der Waals surface area contributed by atoms with Crippen molar-refractivity contribution in [3.05, 3.63) is 45.7 Å². The van der Waals surface area contributed by atoms with Crippen LogP contribution in [0.1, 0.15) is 62.6 Å². The van der Waals surface area contributed by atoms with Crippen LogP contribution in [0, 0.1) is 12.8 Å². The number of rotatable bonds is 8. The lowest BCUT2D eigenvalue weighted by Crippen LogP contribution is -2.26. The van der Waals surface area contributed by atoms with Crippen LogP contribution in [0.5, 0.6) is 5.75 Å². The second-order valence-corrected chi connectivity index (χ2v) is 10.3. The van der Waals surface area contributed by atoms with E-state index >= 15 is 0 Å². The number of hydrazine groups is 1. The smallest absolute Gasteiger partial charge is 0.140 e. The molecule has 4 N–H and O–H groups in total. The molecule has 0 unspecified atom stereocenters. The van der Waals surface area contributed by atoms with E-state index in [1.165, 1.54) is 43.4 Å². The zero-order chi connectivity index (χ0) is 21.1.